The largest absolute Gasteiger partial charge is 1.00 e. The number of halogens is 2. The Morgan fingerprint density at radius 1 is 1.10 bits per heavy atom. The number of hydrogen-bond donors (Lipinski definition) is 0. The van der Waals surface area contributed by atoms with E-state index in [0.717, 1.165) is 0 Å². The summed E-state index contributed by atoms with van der Waals surface area (Å²) in [6, 6.07) is 4.65. The molecule has 0 heterocycles. The molecule has 0 aliphatic carbocycles. The van der Waals surface area contributed by atoms with Crippen LogP contribution < -0.4 is 24.0 Å². The number of benzene rings is 1. The molecule has 48 valence electrons. The van der Waals surface area contributed by atoms with Crippen LogP contribution in [-0.2, 0) is 0 Å². The van der Waals surface area contributed by atoms with E-state index in [1.807, 2.05) is 0 Å². The molecule has 0 saturated heterocycles. The van der Waals surface area contributed by atoms with E-state index < -0.39 is 0 Å². The van der Waals surface area contributed by atoms with Gasteiger partial charge < -0.3 is 5.11 Å². The van der Waals surface area contributed by atoms with E-state index >= 15 is 0 Å². The third kappa shape index (κ3) is 2.11. The third-order valence-corrected chi connectivity index (χ3v) is 1.51. The number of para-hydroxylation sites is 1. The van der Waals surface area contributed by atoms with Gasteiger partial charge in [-0.1, -0.05) is 35.0 Å². The Morgan fingerprint density at radius 3 is 1.80 bits per heavy atom. The Kier molecular flexibility index (Phi) is 4.24. The minimum atomic E-state index is -0.305. The summed E-state index contributed by atoms with van der Waals surface area (Å²) in [6.07, 6.45) is 0. The molecule has 0 unspecified atom stereocenters. The first kappa shape index (κ1) is 10.2. The van der Waals surface area contributed by atoms with Crippen LogP contribution in [0.1, 0.15) is 0 Å². The molecule has 1 aromatic rings. The number of rotatable bonds is 0. The molecule has 10 heavy (non-hydrogen) atoms. The molecule has 0 saturated carbocycles. The van der Waals surface area contributed by atoms with Gasteiger partial charge in [-0.2, -0.15) is 0 Å². The minimum Gasteiger partial charge on any atom is -0.870 e. The second kappa shape index (κ2) is 4.15. The second-order valence-corrected chi connectivity index (χ2v) is 2.37. The maximum atomic E-state index is 10.7. The van der Waals surface area contributed by atoms with Gasteiger partial charge in [0.25, 0.3) is 0 Å². The topological polar surface area (TPSA) is 23.1 Å². The van der Waals surface area contributed by atoms with Crippen LogP contribution in [0.15, 0.2) is 18.2 Å². The molecule has 0 aliphatic heterocycles. The predicted molar refractivity (Wildman–Crippen MR) is 35.9 cm³/mol. The Balaban J connectivity index is 0.000000810. The van der Waals surface area contributed by atoms with Gasteiger partial charge in [0.1, 0.15) is 0 Å². The smallest absolute Gasteiger partial charge is 0.870 e. The average Bonchev–Trinajstić information content (AvgIpc) is 1.83. The van der Waals surface area contributed by atoms with Gasteiger partial charge in [0.2, 0.25) is 0 Å². The maximum absolute atomic E-state index is 10.7. The summed E-state index contributed by atoms with van der Waals surface area (Å²) in [5.74, 6) is -0.305. The molecule has 0 aromatic heterocycles. The molecule has 0 aliphatic rings. The summed E-state index contributed by atoms with van der Waals surface area (Å²) in [6.45, 7) is 0. The van der Waals surface area contributed by atoms with E-state index in [-0.39, 0.29) is 34.7 Å². The maximum Gasteiger partial charge on any atom is 1.00 e. The van der Waals surface area contributed by atoms with E-state index in [1.54, 1.807) is 6.07 Å². The molecular weight excluding hydrogens is 166 g/mol. The van der Waals surface area contributed by atoms with Crippen LogP contribution in [0.3, 0.4) is 0 Å². The molecule has 0 radical (unpaired) electrons. The van der Waals surface area contributed by atoms with Gasteiger partial charge in [0.15, 0.2) is 0 Å². The monoisotopic (exact) mass is 168 g/mol. The standard InChI is InChI=1S/C6H4Cl2O.Li/c7-4-2-1-3-5(8)6(4)9;/h1-3,9H;/q;+1/p-1. The van der Waals surface area contributed by atoms with Crippen molar-refractivity contribution in [1.82, 2.24) is 0 Å². The van der Waals surface area contributed by atoms with Crippen LogP contribution in [0, 0.1) is 0 Å². The van der Waals surface area contributed by atoms with Crippen molar-refractivity contribution >= 4 is 23.2 Å². The summed E-state index contributed by atoms with van der Waals surface area (Å²) in [5, 5.41) is 11.0. The predicted octanol–water partition coefficient (Wildman–Crippen LogP) is -0.929. The van der Waals surface area contributed by atoms with Gasteiger partial charge in [0, 0.05) is 10.0 Å². The fraction of sp³-hybridized carbons (Fsp3) is 0. The third-order valence-electron chi connectivity index (χ3n) is 0.919. The van der Waals surface area contributed by atoms with Crippen molar-refractivity contribution in [3.8, 4) is 5.75 Å². The van der Waals surface area contributed by atoms with E-state index in [4.69, 9.17) is 23.2 Å². The van der Waals surface area contributed by atoms with Crippen LogP contribution in [-0.4, -0.2) is 0 Å². The van der Waals surface area contributed by atoms with Gasteiger partial charge in [-0.25, -0.2) is 0 Å². The van der Waals surface area contributed by atoms with Crippen molar-refractivity contribution in [2.24, 2.45) is 0 Å². The molecule has 0 N–H and O–H groups in total. The van der Waals surface area contributed by atoms with E-state index in [0.29, 0.717) is 0 Å². The summed E-state index contributed by atoms with van der Waals surface area (Å²) < 4.78 is 0. The van der Waals surface area contributed by atoms with Crippen LogP contribution in [0.4, 0.5) is 0 Å². The molecule has 0 spiro atoms. The summed E-state index contributed by atoms with van der Waals surface area (Å²) in [7, 11) is 0. The molecule has 1 rings (SSSR count). The van der Waals surface area contributed by atoms with Gasteiger partial charge in [-0.3, -0.25) is 0 Å². The molecule has 0 fully saturated rings. The van der Waals surface area contributed by atoms with Crippen molar-refractivity contribution in [1.29, 1.82) is 0 Å². The van der Waals surface area contributed by atoms with Gasteiger partial charge in [-0.15, -0.1) is 0 Å². The van der Waals surface area contributed by atoms with Crippen molar-refractivity contribution < 1.29 is 24.0 Å². The Hall–Kier alpha value is 0.197. The molecular formula is C6H3Cl2LiO. The van der Waals surface area contributed by atoms with Crippen molar-refractivity contribution in [3.05, 3.63) is 28.2 Å². The zero-order valence-electron chi connectivity index (χ0n) is 5.40. The van der Waals surface area contributed by atoms with E-state index in [1.165, 1.54) is 12.1 Å². The summed E-state index contributed by atoms with van der Waals surface area (Å²) >= 11 is 10.8. The zero-order chi connectivity index (χ0) is 6.85. The van der Waals surface area contributed by atoms with Crippen LogP contribution in [0.2, 0.25) is 10.0 Å². The SMILES string of the molecule is [Li+].[O-]c1c(Cl)cccc1Cl. The van der Waals surface area contributed by atoms with Gasteiger partial charge in [-0.05, 0) is 12.1 Å². The summed E-state index contributed by atoms with van der Waals surface area (Å²) in [4.78, 5) is 0. The first-order valence-electron chi connectivity index (χ1n) is 2.33. The normalized spacial score (nSPS) is 8.60. The van der Waals surface area contributed by atoms with Crippen LogP contribution in [0.25, 0.3) is 0 Å². The Labute approximate surface area is 81.1 Å². The molecule has 0 amide bonds. The van der Waals surface area contributed by atoms with Crippen molar-refractivity contribution in [2.45, 2.75) is 0 Å². The average molecular weight is 169 g/mol. The number of hydrogen-bond acceptors (Lipinski definition) is 1. The van der Waals surface area contributed by atoms with Gasteiger partial charge >= 0.3 is 18.9 Å². The zero-order valence-corrected chi connectivity index (χ0v) is 6.91. The fourth-order valence-electron chi connectivity index (χ4n) is 0.483. The molecule has 4 heteroatoms. The minimum absolute atomic E-state index is 0. The molecule has 0 bridgehead atoms. The molecule has 1 nitrogen and oxygen atoms in total. The molecule has 0 atom stereocenters. The summed E-state index contributed by atoms with van der Waals surface area (Å²) in [5.41, 5.74) is 0. The van der Waals surface area contributed by atoms with E-state index in [2.05, 4.69) is 0 Å². The van der Waals surface area contributed by atoms with Crippen LogP contribution >= 0.6 is 23.2 Å². The molecule has 1 aromatic carbocycles. The van der Waals surface area contributed by atoms with Gasteiger partial charge in [0.05, 0.1) is 0 Å². The fourth-order valence-corrected chi connectivity index (χ4v) is 0.880. The van der Waals surface area contributed by atoms with Crippen molar-refractivity contribution in [3.63, 3.8) is 0 Å². The first-order chi connectivity index (χ1) is 4.22. The Morgan fingerprint density at radius 2 is 1.50 bits per heavy atom. The van der Waals surface area contributed by atoms with Crippen molar-refractivity contribution in [2.75, 3.05) is 0 Å². The first-order valence-corrected chi connectivity index (χ1v) is 3.08. The van der Waals surface area contributed by atoms with E-state index in [9.17, 15) is 5.11 Å². The van der Waals surface area contributed by atoms with Crippen LogP contribution in [0.5, 0.6) is 5.75 Å². The quantitative estimate of drug-likeness (QED) is 0.460. The second-order valence-electron chi connectivity index (χ2n) is 1.55. The Bertz CT molecular complexity index is 207.